The van der Waals surface area contributed by atoms with Crippen LogP contribution in [0.15, 0.2) is 30.5 Å². The van der Waals surface area contributed by atoms with Crippen molar-refractivity contribution in [2.75, 3.05) is 36.4 Å². The molecule has 0 atom stereocenters. The highest BCUT2D eigenvalue weighted by Gasteiger charge is 2.26. The normalized spacial score (nSPS) is 18.6. The van der Waals surface area contributed by atoms with Crippen LogP contribution in [0.25, 0.3) is 11.0 Å². The molecule has 1 aliphatic heterocycles. The van der Waals surface area contributed by atoms with Crippen molar-refractivity contribution < 1.29 is 4.39 Å². The molecule has 0 spiro atoms. The number of benzene rings is 1. The average molecular weight is 424 g/mol. The molecule has 5 rings (SSSR count). The van der Waals surface area contributed by atoms with Gasteiger partial charge in [-0.15, -0.1) is 0 Å². The van der Waals surface area contributed by atoms with Gasteiger partial charge in [-0.05, 0) is 30.5 Å². The fourth-order valence-corrected chi connectivity index (χ4v) is 4.81. The predicted octanol–water partition coefficient (Wildman–Crippen LogP) is 3.57. The van der Waals surface area contributed by atoms with Crippen LogP contribution in [-0.4, -0.2) is 56.9 Å². The summed E-state index contributed by atoms with van der Waals surface area (Å²) in [6, 6.07) is 7.29. The van der Waals surface area contributed by atoms with Gasteiger partial charge in [-0.1, -0.05) is 31.4 Å². The van der Waals surface area contributed by atoms with Crippen LogP contribution < -0.4 is 10.2 Å². The minimum atomic E-state index is -0.227. The average Bonchev–Trinajstić information content (AvgIpc) is 3.20. The SMILES string of the molecule is Cn1ncc2c(NCc3ccc(F)cc3)nc(N3CCN(C4CCCCC4)CC3)nc21. The Morgan fingerprint density at radius 3 is 2.48 bits per heavy atom. The van der Waals surface area contributed by atoms with Crippen molar-refractivity contribution in [3.8, 4) is 0 Å². The zero-order chi connectivity index (χ0) is 21.2. The van der Waals surface area contributed by atoms with Crippen LogP contribution in [0.1, 0.15) is 37.7 Å². The van der Waals surface area contributed by atoms with E-state index in [2.05, 4.69) is 20.2 Å². The van der Waals surface area contributed by atoms with E-state index in [4.69, 9.17) is 9.97 Å². The summed E-state index contributed by atoms with van der Waals surface area (Å²) in [4.78, 5) is 14.6. The molecule has 1 saturated heterocycles. The maximum absolute atomic E-state index is 13.2. The lowest BCUT2D eigenvalue weighted by molar-refractivity contribution is 0.147. The smallest absolute Gasteiger partial charge is 0.229 e. The third kappa shape index (κ3) is 4.35. The molecule has 1 aromatic carbocycles. The van der Waals surface area contributed by atoms with Crippen LogP contribution in [0, 0.1) is 5.82 Å². The van der Waals surface area contributed by atoms with Gasteiger partial charge in [0.1, 0.15) is 11.6 Å². The second-order valence-corrected chi connectivity index (χ2v) is 8.67. The van der Waals surface area contributed by atoms with Crippen LogP contribution >= 0.6 is 0 Å². The monoisotopic (exact) mass is 423 g/mol. The Hall–Kier alpha value is -2.74. The summed E-state index contributed by atoms with van der Waals surface area (Å²) in [5, 5.41) is 8.69. The summed E-state index contributed by atoms with van der Waals surface area (Å²) in [5.74, 6) is 1.29. The number of aromatic nitrogens is 4. The summed E-state index contributed by atoms with van der Waals surface area (Å²) < 4.78 is 15.0. The highest BCUT2D eigenvalue weighted by Crippen LogP contribution is 2.27. The van der Waals surface area contributed by atoms with Crippen LogP contribution in [-0.2, 0) is 13.6 Å². The molecule has 0 amide bonds. The molecule has 2 fully saturated rings. The Morgan fingerprint density at radius 2 is 1.74 bits per heavy atom. The first-order valence-corrected chi connectivity index (χ1v) is 11.3. The molecule has 2 aliphatic rings. The first-order chi connectivity index (χ1) is 15.2. The molecular weight excluding hydrogens is 393 g/mol. The number of fused-ring (bicyclic) bond motifs is 1. The fourth-order valence-electron chi connectivity index (χ4n) is 4.81. The lowest BCUT2D eigenvalue weighted by atomic mass is 9.94. The van der Waals surface area contributed by atoms with Crippen molar-refractivity contribution in [2.24, 2.45) is 7.05 Å². The number of hydrogen-bond acceptors (Lipinski definition) is 6. The molecule has 1 N–H and O–H groups in total. The van der Waals surface area contributed by atoms with Gasteiger partial charge in [0.2, 0.25) is 5.95 Å². The Bertz CT molecular complexity index is 1020. The molecule has 3 aromatic rings. The van der Waals surface area contributed by atoms with Gasteiger partial charge in [-0.2, -0.15) is 15.1 Å². The summed E-state index contributed by atoms with van der Waals surface area (Å²) in [6.45, 7) is 4.58. The van der Waals surface area contributed by atoms with Crippen molar-refractivity contribution in [1.29, 1.82) is 0 Å². The van der Waals surface area contributed by atoms with Crippen molar-refractivity contribution in [3.05, 3.63) is 41.8 Å². The van der Waals surface area contributed by atoms with Gasteiger partial charge in [-0.25, -0.2) is 4.39 Å². The van der Waals surface area contributed by atoms with E-state index in [9.17, 15) is 4.39 Å². The molecule has 7 nitrogen and oxygen atoms in total. The number of aryl methyl sites for hydroxylation is 1. The summed E-state index contributed by atoms with van der Waals surface area (Å²) >= 11 is 0. The Morgan fingerprint density at radius 1 is 1.00 bits per heavy atom. The Kier molecular flexibility index (Phi) is 5.72. The fraction of sp³-hybridized carbons (Fsp3) is 0.522. The minimum Gasteiger partial charge on any atom is -0.365 e. The molecule has 0 bridgehead atoms. The third-order valence-electron chi connectivity index (χ3n) is 6.64. The Balaban J connectivity index is 1.33. The number of nitrogens with zero attached hydrogens (tertiary/aromatic N) is 6. The van der Waals surface area contributed by atoms with Crippen LogP contribution in [0.5, 0.6) is 0 Å². The van der Waals surface area contributed by atoms with Gasteiger partial charge in [-0.3, -0.25) is 9.58 Å². The van der Waals surface area contributed by atoms with Gasteiger partial charge in [0.15, 0.2) is 5.65 Å². The molecular formula is C23H30FN7. The molecule has 1 aliphatic carbocycles. The van der Waals surface area contributed by atoms with Gasteiger partial charge in [0.25, 0.3) is 0 Å². The lowest BCUT2D eigenvalue weighted by Crippen LogP contribution is -2.51. The lowest BCUT2D eigenvalue weighted by Gasteiger charge is -2.40. The standard InChI is InChI=1S/C23H30FN7/c1-29-22-20(16-26-29)21(25-15-17-7-9-18(24)10-8-17)27-23(28-22)31-13-11-30(12-14-31)19-5-3-2-4-6-19/h7-10,16,19H,2-6,11-15H2,1H3,(H,25,27,28). The topological polar surface area (TPSA) is 62.1 Å². The molecule has 2 aromatic heterocycles. The number of nitrogens with one attached hydrogen (secondary N) is 1. The maximum Gasteiger partial charge on any atom is 0.229 e. The molecule has 0 radical (unpaired) electrons. The van der Waals surface area contributed by atoms with Crippen molar-refractivity contribution >= 4 is 22.8 Å². The van der Waals surface area contributed by atoms with E-state index in [1.54, 1.807) is 23.0 Å². The van der Waals surface area contributed by atoms with Crippen molar-refractivity contribution in [3.63, 3.8) is 0 Å². The van der Waals surface area contributed by atoms with E-state index in [1.807, 2.05) is 7.05 Å². The van der Waals surface area contributed by atoms with Crippen LogP contribution in [0.3, 0.4) is 0 Å². The largest absolute Gasteiger partial charge is 0.365 e. The van der Waals surface area contributed by atoms with Gasteiger partial charge in [0, 0.05) is 45.8 Å². The van der Waals surface area contributed by atoms with Crippen LogP contribution in [0.4, 0.5) is 16.2 Å². The van der Waals surface area contributed by atoms with Gasteiger partial charge >= 0.3 is 0 Å². The second-order valence-electron chi connectivity index (χ2n) is 8.67. The number of anilines is 2. The first kappa shape index (κ1) is 20.2. The van der Waals surface area contributed by atoms with E-state index < -0.39 is 0 Å². The zero-order valence-corrected chi connectivity index (χ0v) is 18.1. The molecule has 0 unspecified atom stereocenters. The maximum atomic E-state index is 13.2. The van der Waals surface area contributed by atoms with E-state index in [0.29, 0.717) is 6.54 Å². The Labute approximate surface area is 182 Å². The minimum absolute atomic E-state index is 0.227. The van der Waals surface area contributed by atoms with Crippen molar-refractivity contribution in [2.45, 2.75) is 44.7 Å². The van der Waals surface area contributed by atoms with E-state index in [-0.39, 0.29) is 5.82 Å². The summed E-state index contributed by atoms with van der Waals surface area (Å²) in [5.41, 5.74) is 1.82. The number of halogens is 1. The highest BCUT2D eigenvalue weighted by atomic mass is 19.1. The number of piperazine rings is 1. The van der Waals surface area contributed by atoms with E-state index >= 15 is 0 Å². The highest BCUT2D eigenvalue weighted by molar-refractivity contribution is 5.87. The van der Waals surface area contributed by atoms with Gasteiger partial charge < -0.3 is 10.2 Å². The molecule has 31 heavy (non-hydrogen) atoms. The molecule has 3 heterocycles. The molecule has 164 valence electrons. The number of rotatable bonds is 5. The quantitative estimate of drug-likeness (QED) is 0.677. The second kappa shape index (κ2) is 8.78. The molecule has 8 heteroatoms. The third-order valence-corrected chi connectivity index (χ3v) is 6.64. The van der Waals surface area contributed by atoms with Crippen LogP contribution in [0.2, 0.25) is 0 Å². The zero-order valence-electron chi connectivity index (χ0n) is 18.1. The number of hydrogen-bond donors (Lipinski definition) is 1. The van der Waals surface area contributed by atoms with E-state index in [0.717, 1.165) is 60.6 Å². The predicted molar refractivity (Wildman–Crippen MR) is 121 cm³/mol. The first-order valence-electron chi connectivity index (χ1n) is 11.3. The molecule has 1 saturated carbocycles. The van der Waals surface area contributed by atoms with E-state index in [1.165, 1.54) is 44.2 Å². The summed E-state index contributed by atoms with van der Waals surface area (Å²) in [7, 11) is 1.91. The summed E-state index contributed by atoms with van der Waals surface area (Å²) in [6.07, 6.45) is 8.61. The van der Waals surface area contributed by atoms with Gasteiger partial charge in [0.05, 0.1) is 11.6 Å². The van der Waals surface area contributed by atoms with Crippen molar-refractivity contribution in [1.82, 2.24) is 24.6 Å².